The summed E-state index contributed by atoms with van der Waals surface area (Å²) >= 11 is 1.23. The van der Waals surface area contributed by atoms with Gasteiger partial charge in [-0.15, -0.1) is 10.2 Å². The first-order chi connectivity index (χ1) is 6.47. The van der Waals surface area contributed by atoms with Gasteiger partial charge in [0.1, 0.15) is 5.51 Å². The minimum absolute atomic E-state index is 0.178. The summed E-state index contributed by atoms with van der Waals surface area (Å²) in [6.07, 6.45) is 0. The first-order valence-electron chi connectivity index (χ1n) is 4.01. The van der Waals surface area contributed by atoms with Crippen LogP contribution in [0.5, 0.6) is 0 Å². The minimum Gasteiger partial charge on any atom is -0.389 e. The second-order valence-corrected chi connectivity index (χ2v) is 4.20. The molecule has 0 unspecified atom stereocenters. The standard InChI is InChI=1S/C7H12N4O2S/c1-7(2,13)3-8-5(12)10-6-11-9-4-14-6/h4,13H,3H2,1-2H3,(H2,8,10,11,12). The molecule has 14 heavy (non-hydrogen) atoms. The normalized spacial score (nSPS) is 11.1. The van der Waals surface area contributed by atoms with Crippen LogP contribution in [0.15, 0.2) is 5.51 Å². The molecule has 0 radical (unpaired) electrons. The third-order valence-corrected chi connectivity index (χ3v) is 1.87. The summed E-state index contributed by atoms with van der Waals surface area (Å²) in [5, 5.41) is 21.9. The van der Waals surface area contributed by atoms with Crippen molar-refractivity contribution in [2.75, 3.05) is 11.9 Å². The van der Waals surface area contributed by atoms with Crippen LogP contribution in [-0.2, 0) is 0 Å². The summed E-state index contributed by atoms with van der Waals surface area (Å²) < 4.78 is 0. The maximum absolute atomic E-state index is 11.2. The monoisotopic (exact) mass is 216 g/mol. The van der Waals surface area contributed by atoms with Crippen molar-refractivity contribution in [1.82, 2.24) is 15.5 Å². The fourth-order valence-corrected chi connectivity index (χ4v) is 1.11. The number of anilines is 1. The molecule has 0 bridgehead atoms. The van der Waals surface area contributed by atoms with Gasteiger partial charge in [0.15, 0.2) is 0 Å². The first-order valence-corrected chi connectivity index (χ1v) is 4.89. The Labute approximate surface area is 85.4 Å². The lowest BCUT2D eigenvalue weighted by Gasteiger charge is -2.17. The van der Waals surface area contributed by atoms with Crippen molar-refractivity contribution >= 4 is 22.5 Å². The average Bonchev–Trinajstić information content (AvgIpc) is 2.52. The number of amides is 2. The van der Waals surface area contributed by atoms with Crippen LogP contribution >= 0.6 is 11.3 Å². The molecule has 78 valence electrons. The molecule has 0 aliphatic heterocycles. The van der Waals surface area contributed by atoms with Gasteiger partial charge in [-0.05, 0) is 13.8 Å². The van der Waals surface area contributed by atoms with Crippen LogP contribution in [0.4, 0.5) is 9.93 Å². The van der Waals surface area contributed by atoms with Crippen LogP contribution in [0.2, 0.25) is 0 Å². The lowest BCUT2D eigenvalue weighted by Crippen LogP contribution is -2.40. The summed E-state index contributed by atoms with van der Waals surface area (Å²) in [5.41, 5.74) is 0.601. The smallest absolute Gasteiger partial charge is 0.321 e. The molecular formula is C7H12N4O2S. The Balaban J connectivity index is 2.30. The number of urea groups is 1. The van der Waals surface area contributed by atoms with Crippen molar-refractivity contribution in [3.8, 4) is 0 Å². The van der Waals surface area contributed by atoms with E-state index in [0.717, 1.165) is 0 Å². The summed E-state index contributed by atoms with van der Waals surface area (Å²) in [4.78, 5) is 11.2. The van der Waals surface area contributed by atoms with Crippen LogP contribution in [-0.4, -0.2) is 33.5 Å². The predicted molar refractivity (Wildman–Crippen MR) is 53.2 cm³/mol. The summed E-state index contributed by atoms with van der Waals surface area (Å²) in [5.74, 6) is 0. The van der Waals surface area contributed by atoms with E-state index in [2.05, 4.69) is 20.8 Å². The van der Waals surface area contributed by atoms with E-state index in [1.54, 1.807) is 13.8 Å². The molecule has 6 nitrogen and oxygen atoms in total. The van der Waals surface area contributed by atoms with Crippen LogP contribution < -0.4 is 10.6 Å². The Morgan fingerprint density at radius 3 is 2.93 bits per heavy atom. The maximum Gasteiger partial charge on any atom is 0.321 e. The molecule has 1 aromatic heterocycles. The van der Waals surface area contributed by atoms with E-state index in [1.807, 2.05) is 0 Å². The summed E-state index contributed by atoms with van der Waals surface area (Å²) in [6, 6.07) is -0.399. The number of carbonyl (C=O) groups is 1. The van der Waals surface area contributed by atoms with Crippen molar-refractivity contribution < 1.29 is 9.90 Å². The fraction of sp³-hybridized carbons (Fsp3) is 0.571. The Bertz CT molecular complexity index is 293. The van der Waals surface area contributed by atoms with Gasteiger partial charge in [-0.3, -0.25) is 5.32 Å². The van der Waals surface area contributed by atoms with Gasteiger partial charge in [-0.1, -0.05) is 11.3 Å². The van der Waals surface area contributed by atoms with Crippen LogP contribution in [0.25, 0.3) is 0 Å². The lowest BCUT2D eigenvalue weighted by atomic mass is 10.1. The average molecular weight is 216 g/mol. The van der Waals surface area contributed by atoms with Gasteiger partial charge in [0.25, 0.3) is 0 Å². The molecule has 3 N–H and O–H groups in total. The zero-order valence-electron chi connectivity index (χ0n) is 7.94. The molecule has 0 fully saturated rings. The maximum atomic E-state index is 11.2. The lowest BCUT2D eigenvalue weighted by molar-refractivity contribution is 0.0826. The van der Waals surface area contributed by atoms with Gasteiger partial charge in [0, 0.05) is 6.54 Å². The quantitative estimate of drug-likeness (QED) is 0.683. The van der Waals surface area contributed by atoms with E-state index < -0.39 is 11.6 Å². The van der Waals surface area contributed by atoms with E-state index in [4.69, 9.17) is 0 Å². The Kier molecular flexibility index (Phi) is 3.37. The molecule has 1 aromatic rings. The zero-order valence-corrected chi connectivity index (χ0v) is 8.76. The summed E-state index contributed by atoms with van der Waals surface area (Å²) in [7, 11) is 0. The molecule has 2 amide bonds. The zero-order chi connectivity index (χ0) is 10.6. The molecule has 7 heteroatoms. The van der Waals surface area contributed by atoms with E-state index in [-0.39, 0.29) is 6.54 Å². The van der Waals surface area contributed by atoms with Crippen LogP contribution in [0, 0.1) is 0 Å². The number of nitrogens with one attached hydrogen (secondary N) is 2. The largest absolute Gasteiger partial charge is 0.389 e. The number of nitrogens with zero attached hydrogens (tertiary/aromatic N) is 2. The third-order valence-electron chi connectivity index (χ3n) is 1.26. The van der Waals surface area contributed by atoms with E-state index in [0.29, 0.717) is 5.13 Å². The van der Waals surface area contributed by atoms with Gasteiger partial charge in [-0.2, -0.15) is 0 Å². The van der Waals surface area contributed by atoms with Crippen molar-refractivity contribution in [3.05, 3.63) is 5.51 Å². The highest BCUT2D eigenvalue weighted by atomic mass is 32.1. The molecular weight excluding hydrogens is 204 g/mol. The van der Waals surface area contributed by atoms with Gasteiger partial charge < -0.3 is 10.4 Å². The highest BCUT2D eigenvalue weighted by Gasteiger charge is 2.14. The minimum atomic E-state index is -0.918. The molecule has 0 aliphatic carbocycles. The molecule has 0 saturated heterocycles. The van der Waals surface area contributed by atoms with E-state index in [9.17, 15) is 9.90 Å². The van der Waals surface area contributed by atoms with Gasteiger partial charge in [0.2, 0.25) is 5.13 Å². The first kappa shape index (κ1) is 10.9. The molecule has 0 saturated carbocycles. The second-order valence-electron chi connectivity index (χ2n) is 3.36. The number of hydrogen-bond donors (Lipinski definition) is 3. The molecule has 1 rings (SSSR count). The number of hydrogen-bond acceptors (Lipinski definition) is 5. The Hall–Kier alpha value is -1.21. The van der Waals surface area contributed by atoms with Gasteiger partial charge >= 0.3 is 6.03 Å². The number of aliphatic hydroxyl groups is 1. The second kappa shape index (κ2) is 4.34. The fourth-order valence-electron chi connectivity index (χ4n) is 0.665. The van der Waals surface area contributed by atoms with Gasteiger partial charge in [0.05, 0.1) is 5.60 Å². The van der Waals surface area contributed by atoms with Crippen molar-refractivity contribution in [2.45, 2.75) is 19.4 Å². The van der Waals surface area contributed by atoms with Crippen molar-refractivity contribution in [3.63, 3.8) is 0 Å². The van der Waals surface area contributed by atoms with Gasteiger partial charge in [-0.25, -0.2) is 4.79 Å². The third kappa shape index (κ3) is 4.15. The predicted octanol–water partition coefficient (Wildman–Crippen LogP) is 0.430. The highest BCUT2D eigenvalue weighted by Crippen LogP contribution is 2.07. The van der Waals surface area contributed by atoms with Crippen LogP contribution in [0.1, 0.15) is 13.8 Å². The number of carbonyl (C=O) groups excluding carboxylic acids is 1. The Morgan fingerprint density at radius 1 is 1.71 bits per heavy atom. The summed E-state index contributed by atoms with van der Waals surface area (Å²) in [6.45, 7) is 3.40. The molecule has 0 aromatic carbocycles. The Morgan fingerprint density at radius 2 is 2.43 bits per heavy atom. The van der Waals surface area contributed by atoms with Crippen LogP contribution in [0.3, 0.4) is 0 Å². The van der Waals surface area contributed by atoms with Crippen molar-refractivity contribution in [1.29, 1.82) is 0 Å². The number of aromatic nitrogens is 2. The van der Waals surface area contributed by atoms with E-state index >= 15 is 0 Å². The van der Waals surface area contributed by atoms with Crippen molar-refractivity contribution in [2.24, 2.45) is 0 Å². The van der Waals surface area contributed by atoms with E-state index in [1.165, 1.54) is 16.8 Å². The SMILES string of the molecule is CC(C)(O)CNC(=O)Nc1nncs1. The molecule has 0 spiro atoms. The number of rotatable bonds is 3. The molecule has 1 heterocycles. The molecule has 0 aliphatic rings. The topological polar surface area (TPSA) is 87.1 Å². The molecule has 0 atom stereocenters. The highest BCUT2D eigenvalue weighted by molar-refractivity contribution is 7.13.